The second-order valence-electron chi connectivity index (χ2n) is 4.79. The lowest BCUT2D eigenvalue weighted by Crippen LogP contribution is -2.47. The summed E-state index contributed by atoms with van der Waals surface area (Å²) < 4.78 is 0. The molecule has 3 amide bonds. The van der Waals surface area contributed by atoms with Gasteiger partial charge in [-0.25, -0.2) is 4.79 Å². The number of halogens is 1. The SMILES string of the molecule is CC(Cl)C(=O)NC(=O)NC1CCc2ccccc2C1. The van der Waals surface area contributed by atoms with Crippen LogP contribution in [0.4, 0.5) is 4.79 Å². The summed E-state index contributed by atoms with van der Waals surface area (Å²) in [5, 5.41) is 4.34. The zero-order chi connectivity index (χ0) is 13.8. The first-order chi connectivity index (χ1) is 9.06. The number of urea groups is 1. The summed E-state index contributed by atoms with van der Waals surface area (Å²) in [7, 11) is 0. The van der Waals surface area contributed by atoms with Crippen molar-refractivity contribution in [1.29, 1.82) is 0 Å². The Labute approximate surface area is 117 Å². The van der Waals surface area contributed by atoms with Gasteiger partial charge in [0.25, 0.3) is 0 Å². The van der Waals surface area contributed by atoms with Gasteiger partial charge in [0.2, 0.25) is 5.91 Å². The van der Waals surface area contributed by atoms with Gasteiger partial charge in [-0.05, 0) is 37.3 Å². The van der Waals surface area contributed by atoms with E-state index in [4.69, 9.17) is 11.6 Å². The molecule has 0 fully saturated rings. The zero-order valence-electron chi connectivity index (χ0n) is 10.8. The van der Waals surface area contributed by atoms with Crippen molar-refractivity contribution in [3.63, 3.8) is 0 Å². The van der Waals surface area contributed by atoms with E-state index in [0.717, 1.165) is 19.3 Å². The number of alkyl halides is 1. The summed E-state index contributed by atoms with van der Waals surface area (Å²) in [6.45, 7) is 1.53. The number of carbonyl (C=O) groups excluding carboxylic acids is 2. The lowest BCUT2D eigenvalue weighted by atomic mass is 9.88. The smallest absolute Gasteiger partial charge is 0.321 e. The minimum atomic E-state index is -0.710. The number of hydrogen-bond donors (Lipinski definition) is 2. The molecule has 1 aromatic carbocycles. The number of carbonyl (C=O) groups is 2. The Bertz CT molecular complexity index is 488. The lowest BCUT2D eigenvalue weighted by Gasteiger charge is -2.25. The fourth-order valence-corrected chi connectivity index (χ4v) is 2.31. The molecule has 0 saturated heterocycles. The molecule has 1 aromatic rings. The van der Waals surface area contributed by atoms with Crippen LogP contribution in [-0.4, -0.2) is 23.4 Å². The molecular formula is C14H17ClN2O2. The van der Waals surface area contributed by atoms with E-state index in [-0.39, 0.29) is 6.04 Å². The van der Waals surface area contributed by atoms with Crippen LogP contribution in [0.2, 0.25) is 0 Å². The van der Waals surface area contributed by atoms with Crippen molar-refractivity contribution in [3.05, 3.63) is 35.4 Å². The summed E-state index contributed by atoms with van der Waals surface area (Å²) >= 11 is 5.59. The number of fused-ring (bicyclic) bond motifs is 1. The predicted molar refractivity (Wildman–Crippen MR) is 74.2 cm³/mol. The van der Waals surface area contributed by atoms with Gasteiger partial charge in [-0.1, -0.05) is 24.3 Å². The zero-order valence-corrected chi connectivity index (χ0v) is 11.5. The van der Waals surface area contributed by atoms with Crippen molar-refractivity contribution in [3.8, 4) is 0 Å². The Morgan fingerprint density at radius 2 is 2.00 bits per heavy atom. The van der Waals surface area contributed by atoms with Gasteiger partial charge in [-0.2, -0.15) is 0 Å². The van der Waals surface area contributed by atoms with Crippen LogP contribution in [0.1, 0.15) is 24.5 Å². The second kappa shape index (κ2) is 6.06. The highest BCUT2D eigenvalue weighted by Gasteiger charge is 2.21. The Morgan fingerprint density at radius 1 is 1.32 bits per heavy atom. The Kier molecular flexibility index (Phi) is 4.43. The van der Waals surface area contributed by atoms with Gasteiger partial charge in [-0.3, -0.25) is 10.1 Å². The normalized spacial score (nSPS) is 19.2. The maximum Gasteiger partial charge on any atom is 0.321 e. The molecule has 2 N–H and O–H groups in total. The van der Waals surface area contributed by atoms with Gasteiger partial charge < -0.3 is 5.32 Å². The van der Waals surface area contributed by atoms with Crippen LogP contribution in [0, 0.1) is 0 Å². The molecule has 5 heteroatoms. The first-order valence-corrected chi connectivity index (χ1v) is 6.82. The van der Waals surface area contributed by atoms with Crippen LogP contribution >= 0.6 is 11.6 Å². The molecule has 2 unspecified atom stereocenters. The molecule has 0 aliphatic heterocycles. The fourth-order valence-electron chi connectivity index (χ4n) is 2.25. The van der Waals surface area contributed by atoms with Gasteiger partial charge >= 0.3 is 6.03 Å². The fraction of sp³-hybridized carbons (Fsp3) is 0.429. The molecule has 1 aliphatic rings. The van der Waals surface area contributed by atoms with Gasteiger partial charge in [0.15, 0.2) is 0 Å². The second-order valence-corrected chi connectivity index (χ2v) is 5.44. The van der Waals surface area contributed by atoms with Crippen LogP contribution in [0.3, 0.4) is 0 Å². The predicted octanol–water partition coefficient (Wildman–Crippen LogP) is 2.00. The van der Waals surface area contributed by atoms with E-state index in [9.17, 15) is 9.59 Å². The summed E-state index contributed by atoms with van der Waals surface area (Å²) in [4.78, 5) is 22.9. The largest absolute Gasteiger partial charge is 0.335 e. The number of imide groups is 1. The maximum atomic E-state index is 11.6. The third-order valence-electron chi connectivity index (χ3n) is 3.28. The number of hydrogen-bond acceptors (Lipinski definition) is 2. The van der Waals surface area contributed by atoms with E-state index in [1.54, 1.807) is 0 Å². The Morgan fingerprint density at radius 3 is 2.68 bits per heavy atom. The van der Waals surface area contributed by atoms with Crippen molar-refractivity contribution in [2.24, 2.45) is 0 Å². The number of benzene rings is 1. The molecule has 2 atom stereocenters. The number of amides is 3. The topological polar surface area (TPSA) is 58.2 Å². The molecule has 19 heavy (non-hydrogen) atoms. The molecule has 4 nitrogen and oxygen atoms in total. The van der Waals surface area contributed by atoms with Crippen LogP contribution in [0.25, 0.3) is 0 Å². The van der Waals surface area contributed by atoms with Gasteiger partial charge in [0, 0.05) is 6.04 Å². The van der Waals surface area contributed by atoms with Gasteiger partial charge in [0.1, 0.15) is 5.38 Å². The molecule has 0 heterocycles. The quantitative estimate of drug-likeness (QED) is 0.814. The molecule has 0 spiro atoms. The first kappa shape index (κ1) is 13.9. The van der Waals surface area contributed by atoms with Crippen molar-refractivity contribution in [2.75, 3.05) is 0 Å². The van der Waals surface area contributed by atoms with Crippen LogP contribution in [0.15, 0.2) is 24.3 Å². The van der Waals surface area contributed by atoms with Crippen molar-refractivity contribution in [1.82, 2.24) is 10.6 Å². The molecule has 0 radical (unpaired) electrons. The average Bonchev–Trinajstić information content (AvgIpc) is 2.38. The van der Waals surface area contributed by atoms with E-state index in [1.807, 2.05) is 12.1 Å². The maximum absolute atomic E-state index is 11.6. The summed E-state index contributed by atoms with van der Waals surface area (Å²) in [6.07, 6.45) is 2.63. The minimum absolute atomic E-state index is 0.0633. The van der Waals surface area contributed by atoms with E-state index in [1.165, 1.54) is 18.1 Å². The lowest BCUT2D eigenvalue weighted by molar-refractivity contribution is -0.119. The molecular weight excluding hydrogens is 264 g/mol. The van der Waals surface area contributed by atoms with Gasteiger partial charge in [-0.15, -0.1) is 11.6 Å². The van der Waals surface area contributed by atoms with E-state index in [0.29, 0.717) is 0 Å². The molecule has 102 valence electrons. The van der Waals surface area contributed by atoms with Crippen LogP contribution < -0.4 is 10.6 Å². The Balaban J connectivity index is 1.88. The van der Waals surface area contributed by atoms with E-state index in [2.05, 4.69) is 22.8 Å². The average molecular weight is 281 g/mol. The monoisotopic (exact) mass is 280 g/mol. The molecule has 0 saturated carbocycles. The molecule has 0 bridgehead atoms. The third kappa shape index (κ3) is 3.70. The Hall–Kier alpha value is -1.55. The van der Waals surface area contributed by atoms with Gasteiger partial charge in [0.05, 0.1) is 0 Å². The minimum Gasteiger partial charge on any atom is -0.335 e. The number of aryl methyl sites for hydroxylation is 1. The molecule has 1 aliphatic carbocycles. The van der Waals surface area contributed by atoms with E-state index < -0.39 is 17.3 Å². The highest BCUT2D eigenvalue weighted by molar-refractivity contribution is 6.31. The summed E-state index contributed by atoms with van der Waals surface area (Å²) in [5.74, 6) is -0.477. The van der Waals surface area contributed by atoms with Crippen molar-refractivity contribution >= 4 is 23.5 Å². The van der Waals surface area contributed by atoms with Crippen molar-refractivity contribution < 1.29 is 9.59 Å². The highest BCUT2D eigenvalue weighted by Crippen LogP contribution is 2.20. The van der Waals surface area contributed by atoms with Crippen LogP contribution in [-0.2, 0) is 17.6 Å². The number of rotatable bonds is 2. The number of nitrogens with one attached hydrogen (secondary N) is 2. The molecule has 0 aromatic heterocycles. The standard InChI is InChI=1S/C14H17ClN2O2/c1-9(15)13(18)17-14(19)16-12-7-6-10-4-2-3-5-11(10)8-12/h2-5,9,12H,6-8H2,1H3,(H2,16,17,18,19). The summed E-state index contributed by atoms with van der Waals surface area (Å²) in [5.41, 5.74) is 2.60. The highest BCUT2D eigenvalue weighted by atomic mass is 35.5. The molecule has 2 rings (SSSR count). The van der Waals surface area contributed by atoms with Crippen LogP contribution in [0.5, 0.6) is 0 Å². The first-order valence-electron chi connectivity index (χ1n) is 6.38. The van der Waals surface area contributed by atoms with Crippen molar-refractivity contribution in [2.45, 2.75) is 37.6 Å². The van der Waals surface area contributed by atoms with E-state index >= 15 is 0 Å². The third-order valence-corrected chi connectivity index (χ3v) is 3.48. The summed E-state index contributed by atoms with van der Waals surface area (Å²) in [6, 6.07) is 7.81.